The van der Waals surface area contributed by atoms with E-state index >= 15 is 0 Å². The molecule has 0 amide bonds. The number of hydrogen-bond acceptors (Lipinski definition) is 9. The zero-order chi connectivity index (χ0) is 24.0. The minimum Gasteiger partial charge on any atom is -0.508 e. The number of benzene rings is 3. The Morgan fingerprint density at radius 3 is 2.18 bits per heavy atom. The number of phenolic OH excluding ortho intramolecular Hbond substituents is 6. The molecule has 3 aromatic rings. The predicted molar refractivity (Wildman–Crippen MR) is 115 cm³/mol. The van der Waals surface area contributed by atoms with E-state index in [0.29, 0.717) is 16.7 Å². The minimum atomic E-state index is -0.986. The fraction of sp³-hybridized carbons (Fsp3) is 0.208. The van der Waals surface area contributed by atoms with E-state index in [4.69, 9.17) is 9.47 Å². The molecule has 0 spiro atoms. The number of ether oxygens (including phenoxy) is 2. The van der Waals surface area contributed by atoms with Crippen LogP contribution in [0.2, 0.25) is 0 Å². The van der Waals surface area contributed by atoms with E-state index in [1.54, 1.807) is 19.9 Å². The average molecular weight is 454 g/mol. The van der Waals surface area contributed by atoms with Gasteiger partial charge in [-0.15, -0.1) is 0 Å². The van der Waals surface area contributed by atoms with E-state index in [2.05, 4.69) is 0 Å². The van der Waals surface area contributed by atoms with Gasteiger partial charge in [0.05, 0.1) is 5.56 Å². The molecular formula is C24H22O9. The lowest BCUT2D eigenvalue weighted by Crippen LogP contribution is -2.35. The first-order valence-electron chi connectivity index (χ1n) is 10.0. The Balaban J connectivity index is 1.75. The fourth-order valence-electron chi connectivity index (χ4n) is 3.79. The molecule has 4 rings (SSSR count). The topological polar surface area (TPSA) is 157 Å². The lowest BCUT2D eigenvalue weighted by molar-refractivity contribution is -0.0189. The van der Waals surface area contributed by atoms with Gasteiger partial charge in [-0.1, -0.05) is 6.07 Å². The van der Waals surface area contributed by atoms with E-state index < -0.39 is 35.4 Å². The summed E-state index contributed by atoms with van der Waals surface area (Å²) in [7, 11) is 0. The maximum atomic E-state index is 12.8. The van der Waals surface area contributed by atoms with Gasteiger partial charge in [-0.25, -0.2) is 4.79 Å². The number of carbonyl (C=O) groups is 1. The molecule has 1 aliphatic heterocycles. The smallest absolute Gasteiger partial charge is 0.338 e. The van der Waals surface area contributed by atoms with Crippen molar-refractivity contribution in [3.63, 3.8) is 0 Å². The summed E-state index contributed by atoms with van der Waals surface area (Å²) in [4.78, 5) is 12.8. The first-order valence-corrected chi connectivity index (χ1v) is 10.0. The molecule has 1 aliphatic rings. The van der Waals surface area contributed by atoms with Gasteiger partial charge in [0, 0.05) is 29.7 Å². The van der Waals surface area contributed by atoms with Crippen molar-refractivity contribution in [2.45, 2.75) is 32.5 Å². The molecule has 2 unspecified atom stereocenters. The van der Waals surface area contributed by atoms with Crippen molar-refractivity contribution in [1.29, 1.82) is 0 Å². The number of phenols is 6. The van der Waals surface area contributed by atoms with E-state index in [-0.39, 0.29) is 35.0 Å². The number of esters is 1. The van der Waals surface area contributed by atoms with Crippen LogP contribution in [0.15, 0.2) is 36.4 Å². The Labute approximate surface area is 188 Å². The summed E-state index contributed by atoms with van der Waals surface area (Å²) in [6.07, 6.45) is -1.88. The van der Waals surface area contributed by atoms with Gasteiger partial charge < -0.3 is 40.1 Å². The molecular weight excluding hydrogens is 432 g/mol. The quantitative estimate of drug-likeness (QED) is 0.258. The number of rotatable bonds is 3. The molecule has 6 N–H and O–H groups in total. The summed E-state index contributed by atoms with van der Waals surface area (Å²) in [5, 5.41) is 59.4. The average Bonchev–Trinajstić information content (AvgIpc) is 2.75. The Bertz CT molecular complexity index is 1220. The van der Waals surface area contributed by atoms with Crippen LogP contribution in [0.5, 0.6) is 40.2 Å². The summed E-state index contributed by atoms with van der Waals surface area (Å²) >= 11 is 0. The van der Waals surface area contributed by atoms with Crippen molar-refractivity contribution in [3.05, 3.63) is 64.2 Å². The van der Waals surface area contributed by atoms with Gasteiger partial charge in [-0.2, -0.15) is 0 Å². The summed E-state index contributed by atoms with van der Waals surface area (Å²) in [6, 6.07) is 7.62. The van der Waals surface area contributed by atoms with Gasteiger partial charge in [0.25, 0.3) is 0 Å². The lowest BCUT2D eigenvalue weighted by atomic mass is 9.92. The summed E-state index contributed by atoms with van der Waals surface area (Å²) in [5.74, 6) is -3.32. The van der Waals surface area contributed by atoms with Gasteiger partial charge in [-0.3, -0.25) is 0 Å². The Kier molecular flexibility index (Phi) is 5.33. The van der Waals surface area contributed by atoms with Crippen molar-refractivity contribution in [2.24, 2.45) is 0 Å². The van der Waals surface area contributed by atoms with Crippen LogP contribution < -0.4 is 4.74 Å². The number of aryl methyl sites for hydroxylation is 1. The molecule has 9 heteroatoms. The largest absolute Gasteiger partial charge is 0.508 e. The normalized spacial score (nSPS) is 17.2. The first-order chi connectivity index (χ1) is 15.5. The fourth-order valence-corrected chi connectivity index (χ4v) is 3.79. The molecule has 0 saturated heterocycles. The van der Waals surface area contributed by atoms with Crippen molar-refractivity contribution < 1.29 is 44.9 Å². The van der Waals surface area contributed by atoms with Crippen LogP contribution in [0, 0.1) is 13.8 Å². The zero-order valence-electron chi connectivity index (χ0n) is 17.7. The van der Waals surface area contributed by atoms with Crippen molar-refractivity contribution in [3.8, 4) is 40.2 Å². The second-order valence-corrected chi connectivity index (χ2v) is 7.97. The van der Waals surface area contributed by atoms with Crippen molar-refractivity contribution in [1.82, 2.24) is 0 Å². The van der Waals surface area contributed by atoms with Crippen molar-refractivity contribution in [2.75, 3.05) is 0 Å². The van der Waals surface area contributed by atoms with Crippen LogP contribution in [-0.2, 0) is 11.2 Å². The first kappa shape index (κ1) is 21.9. The number of aromatic hydroxyl groups is 6. The molecule has 0 fully saturated rings. The number of fused-ring (bicyclic) bond motifs is 1. The van der Waals surface area contributed by atoms with Gasteiger partial charge in [0.1, 0.15) is 29.1 Å². The highest BCUT2D eigenvalue weighted by Crippen LogP contribution is 2.44. The predicted octanol–water partition coefficient (Wildman–Crippen LogP) is 3.44. The highest BCUT2D eigenvalue weighted by atomic mass is 16.6. The maximum Gasteiger partial charge on any atom is 0.338 e. The Morgan fingerprint density at radius 1 is 0.879 bits per heavy atom. The van der Waals surface area contributed by atoms with Gasteiger partial charge in [0.2, 0.25) is 0 Å². The van der Waals surface area contributed by atoms with Crippen LogP contribution in [0.3, 0.4) is 0 Å². The Morgan fingerprint density at radius 2 is 1.55 bits per heavy atom. The molecule has 172 valence electrons. The molecule has 0 aliphatic carbocycles. The SMILES string of the molecule is Cc1cc(C2Oc3cc(O)cc(O)c3CC2OC(=O)c2cc(O)c(O)c(O)c2)cc(O)c1C. The number of hydrogen-bond donors (Lipinski definition) is 6. The van der Waals surface area contributed by atoms with Crippen LogP contribution in [0.25, 0.3) is 0 Å². The van der Waals surface area contributed by atoms with E-state index in [0.717, 1.165) is 23.8 Å². The molecule has 9 nitrogen and oxygen atoms in total. The molecule has 1 heterocycles. The van der Waals surface area contributed by atoms with E-state index in [9.17, 15) is 35.4 Å². The van der Waals surface area contributed by atoms with Gasteiger partial charge >= 0.3 is 5.97 Å². The second kappa shape index (κ2) is 8.01. The van der Waals surface area contributed by atoms with Crippen LogP contribution >= 0.6 is 0 Å². The third-order valence-electron chi connectivity index (χ3n) is 5.72. The highest BCUT2D eigenvalue weighted by Gasteiger charge is 2.37. The van der Waals surface area contributed by atoms with Gasteiger partial charge in [-0.05, 0) is 43.2 Å². The third kappa shape index (κ3) is 4.00. The molecule has 0 bridgehead atoms. The number of carbonyl (C=O) groups excluding carboxylic acids is 1. The van der Waals surface area contributed by atoms with Crippen LogP contribution in [0.1, 0.15) is 38.7 Å². The molecule has 2 atom stereocenters. The maximum absolute atomic E-state index is 12.8. The zero-order valence-corrected chi connectivity index (χ0v) is 17.7. The monoisotopic (exact) mass is 454 g/mol. The third-order valence-corrected chi connectivity index (χ3v) is 5.72. The lowest BCUT2D eigenvalue weighted by Gasteiger charge is -2.34. The van der Waals surface area contributed by atoms with Crippen molar-refractivity contribution >= 4 is 5.97 Å². The standard InChI is InChI=1S/C24H22O9/c1-10-3-12(4-16(26)11(10)2)23-21(9-15-17(27)7-14(25)8-20(15)32-23)33-24(31)13-5-18(28)22(30)19(29)6-13/h3-8,21,23,25-30H,9H2,1-2H3. The summed E-state index contributed by atoms with van der Waals surface area (Å²) in [5.41, 5.74) is 2.04. The Hall–Kier alpha value is -4.27. The van der Waals surface area contributed by atoms with E-state index in [1.165, 1.54) is 12.1 Å². The molecule has 3 aromatic carbocycles. The highest BCUT2D eigenvalue weighted by molar-refractivity contribution is 5.91. The minimum absolute atomic E-state index is 0.0155. The van der Waals surface area contributed by atoms with E-state index in [1.807, 2.05) is 0 Å². The summed E-state index contributed by atoms with van der Waals surface area (Å²) in [6.45, 7) is 3.55. The molecule has 33 heavy (non-hydrogen) atoms. The summed E-state index contributed by atoms with van der Waals surface area (Å²) < 4.78 is 11.6. The second-order valence-electron chi connectivity index (χ2n) is 7.97. The molecule has 0 saturated carbocycles. The van der Waals surface area contributed by atoms with Crippen LogP contribution in [-0.4, -0.2) is 42.7 Å². The van der Waals surface area contributed by atoms with Crippen LogP contribution in [0.4, 0.5) is 0 Å². The molecule has 0 radical (unpaired) electrons. The van der Waals surface area contributed by atoms with Gasteiger partial charge in [0.15, 0.2) is 23.4 Å². The molecule has 0 aromatic heterocycles.